The van der Waals surface area contributed by atoms with Crippen LogP contribution in [0, 0.1) is 5.21 Å². The fourth-order valence-corrected chi connectivity index (χ4v) is 6.04. The van der Waals surface area contributed by atoms with Crippen molar-refractivity contribution < 1.29 is 28.9 Å². The largest absolute Gasteiger partial charge is 0.618 e. The van der Waals surface area contributed by atoms with Crippen LogP contribution in [0.15, 0.2) is 102 Å². The van der Waals surface area contributed by atoms with E-state index in [0.29, 0.717) is 47.1 Å². The third-order valence-corrected chi connectivity index (χ3v) is 8.71. The minimum Gasteiger partial charge on any atom is -0.618 e. The van der Waals surface area contributed by atoms with Gasteiger partial charge >= 0.3 is 0 Å². The lowest BCUT2D eigenvalue weighted by atomic mass is 10.0. The molecule has 5 rings (SSSR count). The van der Waals surface area contributed by atoms with E-state index < -0.39 is 6.29 Å². The van der Waals surface area contributed by atoms with E-state index in [1.807, 2.05) is 54.6 Å². The summed E-state index contributed by atoms with van der Waals surface area (Å²) < 4.78 is 13.7. The monoisotopic (exact) mass is 642 g/mol. The quantitative estimate of drug-likeness (QED) is 0.0465. The Balaban J connectivity index is 1.18. The molecule has 0 radical (unpaired) electrons. The van der Waals surface area contributed by atoms with Gasteiger partial charge in [-0.2, -0.15) is 4.73 Å². The molecule has 0 spiro atoms. The third kappa shape index (κ3) is 9.30. The molecule has 0 unspecified atom stereocenters. The van der Waals surface area contributed by atoms with E-state index in [-0.39, 0.29) is 43.5 Å². The van der Waals surface area contributed by atoms with Crippen LogP contribution in [0.1, 0.15) is 61.2 Å². The first-order valence-corrected chi connectivity index (χ1v) is 16.2. The number of nitrogens with two attached hydrogens (primary N) is 1. The van der Waals surface area contributed by atoms with E-state index in [9.17, 15) is 19.9 Å². The van der Waals surface area contributed by atoms with Crippen molar-refractivity contribution in [2.45, 2.75) is 62.2 Å². The molecule has 3 atom stereocenters. The molecule has 2 heterocycles. The van der Waals surface area contributed by atoms with Crippen molar-refractivity contribution in [2.75, 3.05) is 22.1 Å². The molecular formula is C35H38N4O6S. The molecular weight excluding hydrogens is 604 g/mol. The van der Waals surface area contributed by atoms with Gasteiger partial charge in [0.1, 0.15) is 0 Å². The number of hydrogen-bond donors (Lipinski definition) is 4. The van der Waals surface area contributed by atoms with Crippen molar-refractivity contribution >= 4 is 40.6 Å². The first kappa shape index (κ1) is 33.0. The number of thioether (sulfide) groups is 1. The van der Waals surface area contributed by atoms with Crippen molar-refractivity contribution in [1.82, 2.24) is 0 Å². The van der Waals surface area contributed by atoms with Crippen LogP contribution < -0.4 is 21.1 Å². The Morgan fingerprint density at radius 2 is 1.63 bits per heavy atom. The highest BCUT2D eigenvalue weighted by Gasteiger charge is 2.33. The summed E-state index contributed by atoms with van der Waals surface area (Å²) >= 11 is 1.43. The van der Waals surface area contributed by atoms with Crippen molar-refractivity contribution in [1.29, 1.82) is 0 Å². The van der Waals surface area contributed by atoms with Crippen molar-refractivity contribution in [2.24, 2.45) is 0 Å². The number of anilines is 3. The SMILES string of the molecule is Nc1ccccc1NC(=O)CCCCC(=O)Nc1cccc([C@@H]2O[C@H](CSc3cccc[n+]3[O-])C[C@H](c3ccc(CO)cc3)O2)c1. The summed E-state index contributed by atoms with van der Waals surface area (Å²) in [5, 5.41) is 28.0. The van der Waals surface area contributed by atoms with Gasteiger partial charge in [-0.3, -0.25) is 9.59 Å². The Labute approximate surface area is 272 Å². The van der Waals surface area contributed by atoms with E-state index in [1.165, 1.54) is 18.0 Å². The number of aromatic nitrogens is 1. The number of rotatable bonds is 13. The number of ether oxygens (including phenoxy) is 2. The molecule has 1 saturated heterocycles. The Bertz CT molecular complexity index is 1620. The Morgan fingerprint density at radius 1 is 0.891 bits per heavy atom. The van der Waals surface area contributed by atoms with Gasteiger partial charge in [-0.25, -0.2) is 0 Å². The maximum atomic E-state index is 12.7. The summed E-state index contributed by atoms with van der Waals surface area (Å²) in [6.07, 6.45) is 2.53. The number of aliphatic hydroxyl groups excluding tert-OH is 1. The highest BCUT2D eigenvalue weighted by atomic mass is 32.2. The van der Waals surface area contributed by atoms with Crippen molar-refractivity contribution in [3.63, 3.8) is 0 Å². The second-order valence-corrected chi connectivity index (χ2v) is 12.1. The molecule has 2 amide bonds. The zero-order chi connectivity index (χ0) is 32.3. The molecule has 1 aromatic heterocycles. The Kier molecular flexibility index (Phi) is 11.6. The topological polar surface area (TPSA) is 150 Å². The third-order valence-electron chi connectivity index (χ3n) is 7.56. The van der Waals surface area contributed by atoms with Gasteiger partial charge in [0.15, 0.2) is 12.5 Å². The first-order chi connectivity index (χ1) is 22.4. The molecule has 11 heteroatoms. The van der Waals surface area contributed by atoms with Crippen LogP contribution in [0.5, 0.6) is 0 Å². The minimum atomic E-state index is -0.703. The summed E-state index contributed by atoms with van der Waals surface area (Å²) in [6, 6.07) is 27.4. The zero-order valence-corrected chi connectivity index (χ0v) is 26.2. The van der Waals surface area contributed by atoms with E-state index in [1.54, 1.807) is 36.4 Å². The number of pyridine rings is 1. The van der Waals surface area contributed by atoms with Gasteiger partial charge in [-0.05, 0) is 54.3 Å². The van der Waals surface area contributed by atoms with Crippen LogP contribution in [0.4, 0.5) is 17.1 Å². The molecule has 1 fully saturated rings. The maximum Gasteiger partial charge on any atom is 0.251 e. The molecule has 1 aliphatic rings. The van der Waals surface area contributed by atoms with Gasteiger partial charge < -0.3 is 36.2 Å². The van der Waals surface area contributed by atoms with E-state index in [2.05, 4.69) is 10.6 Å². The predicted molar refractivity (Wildman–Crippen MR) is 178 cm³/mol. The smallest absolute Gasteiger partial charge is 0.251 e. The summed E-state index contributed by atoms with van der Waals surface area (Å²) in [5.41, 5.74) is 10.1. The van der Waals surface area contributed by atoms with Gasteiger partial charge in [0.2, 0.25) is 11.8 Å². The van der Waals surface area contributed by atoms with Crippen LogP contribution in [0.3, 0.4) is 0 Å². The Hall–Kier alpha value is -4.42. The average molecular weight is 643 g/mol. The summed E-state index contributed by atoms with van der Waals surface area (Å²) in [5.74, 6) is 0.249. The summed E-state index contributed by atoms with van der Waals surface area (Å²) in [4.78, 5) is 25.0. The lowest BCUT2D eigenvalue weighted by Gasteiger charge is -2.36. The Morgan fingerprint density at radius 3 is 2.37 bits per heavy atom. The van der Waals surface area contributed by atoms with E-state index in [0.717, 1.165) is 21.4 Å². The first-order valence-electron chi connectivity index (χ1n) is 15.2. The van der Waals surface area contributed by atoms with Crippen LogP contribution in [0.2, 0.25) is 0 Å². The number of amides is 2. The van der Waals surface area contributed by atoms with Gasteiger partial charge in [-0.1, -0.05) is 60.3 Å². The fraction of sp³-hybridized carbons (Fsp3) is 0.286. The van der Waals surface area contributed by atoms with Gasteiger partial charge in [0.25, 0.3) is 5.03 Å². The van der Waals surface area contributed by atoms with Crippen LogP contribution in [-0.4, -0.2) is 28.8 Å². The fourth-order valence-electron chi connectivity index (χ4n) is 5.11. The van der Waals surface area contributed by atoms with Gasteiger partial charge in [0, 0.05) is 48.4 Å². The molecule has 46 heavy (non-hydrogen) atoms. The highest BCUT2D eigenvalue weighted by molar-refractivity contribution is 7.99. The summed E-state index contributed by atoms with van der Waals surface area (Å²) in [6.45, 7) is -0.0409. The van der Waals surface area contributed by atoms with Crippen molar-refractivity contribution in [3.05, 3.63) is 119 Å². The molecule has 240 valence electrons. The number of nitrogen functional groups attached to an aromatic ring is 1. The average Bonchev–Trinajstić information content (AvgIpc) is 3.07. The number of hydrogen-bond acceptors (Lipinski definition) is 8. The predicted octanol–water partition coefficient (Wildman–Crippen LogP) is 5.87. The van der Waals surface area contributed by atoms with Gasteiger partial charge in [-0.15, -0.1) is 0 Å². The maximum absolute atomic E-state index is 12.7. The molecule has 0 aliphatic carbocycles. The van der Waals surface area contributed by atoms with Crippen molar-refractivity contribution in [3.8, 4) is 0 Å². The molecule has 5 N–H and O–H groups in total. The number of benzene rings is 3. The van der Waals surface area contributed by atoms with Crippen LogP contribution in [-0.2, 0) is 25.7 Å². The van der Waals surface area contributed by atoms with E-state index in [4.69, 9.17) is 15.2 Å². The van der Waals surface area contributed by atoms with Gasteiger partial charge in [0.05, 0.1) is 30.2 Å². The molecule has 4 aromatic rings. The van der Waals surface area contributed by atoms with Crippen LogP contribution in [0.25, 0.3) is 0 Å². The van der Waals surface area contributed by atoms with E-state index >= 15 is 0 Å². The molecule has 1 aliphatic heterocycles. The second kappa shape index (κ2) is 16.2. The molecule has 0 bridgehead atoms. The lowest BCUT2D eigenvalue weighted by Crippen LogP contribution is -2.32. The number of nitrogens with zero attached hydrogens (tertiary/aromatic N) is 1. The standard InChI is InChI=1S/C35H38N4O6S/c36-29-10-1-2-11-30(29)38-33(42)13-4-3-12-32(41)37-27-9-7-8-26(20-27)35-44-28(23-46-34-14-5-6-19-39(34)43)21-31(45-35)25-17-15-24(22-40)16-18-25/h1-2,5-11,14-20,28,31,35,40H,3-4,12-13,21-23,36H2,(H,37,41)(H,38,42)/t28-,31+,35+/m0/s1. The second-order valence-electron chi connectivity index (χ2n) is 11.0. The number of carbonyl (C=O) groups excluding carboxylic acids is 2. The highest BCUT2D eigenvalue weighted by Crippen LogP contribution is 2.39. The lowest BCUT2D eigenvalue weighted by molar-refractivity contribution is -0.645. The number of aliphatic hydroxyl groups is 1. The molecule has 3 aromatic carbocycles. The molecule has 0 saturated carbocycles. The van der Waals surface area contributed by atoms with Crippen LogP contribution >= 0.6 is 11.8 Å². The number of unbranched alkanes of at least 4 members (excludes halogenated alkanes) is 1. The normalized spacial score (nSPS) is 17.7. The zero-order valence-electron chi connectivity index (χ0n) is 25.3. The minimum absolute atomic E-state index is 0.0409. The number of nitrogens with one attached hydrogen (secondary N) is 2. The number of carbonyl (C=O) groups is 2. The molecule has 10 nitrogen and oxygen atoms in total. The number of para-hydroxylation sites is 2. The summed E-state index contributed by atoms with van der Waals surface area (Å²) in [7, 11) is 0.